The van der Waals surface area contributed by atoms with Gasteiger partial charge < -0.3 is 14.5 Å². The molecule has 33 heavy (non-hydrogen) atoms. The van der Waals surface area contributed by atoms with Crippen LogP contribution in [0.1, 0.15) is 34.8 Å². The van der Waals surface area contributed by atoms with Crippen molar-refractivity contribution in [3.8, 4) is 0 Å². The molecule has 0 aromatic heterocycles. The van der Waals surface area contributed by atoms with Crippen LogP contribution < -0.4 is 4.90 Å². The van der Waals surface area contributed by atoms with Gasteiger partial charge >= 0.3 is 12.4 Å². The third-order valence-electron chi connectivity index (χ3n) is 6.11. The number of halogens is 6. The van der Waals surface area contributed by atoms with E-state index in [9.17, 15) is 31.1 Å². The first kappa shape index (κ1) is 23.4. The van der Waals surface area contributed by atoms with Gasteiger partial charge in [-0.1, -0.05) is 18.2 Å². The van der Waals surface area contributed by atoms with Crippen molar-refractivity contribution in [3.05, 3.63) is 64.7 Å². The van der Waals surface area contributed by atoms with Gasteiger partial charge in [-0.3, -0.25) is 4.79 Å². The maximum Gasteiger partial charge on any atom is 0.416 e. The fourth-order valence-electron chi connectivity index (χ4n) is 4.14. The molecule has 2 aromatic rings. The van der Waals surface area contributed by atoms with Crippen LogP contribution in [0.15, 0.2) is 42.5 Å². The van der Waals surface area contributed by atoms with Gasteiger partial charge in [0, 0.05) is 38.3 Å². The zero-order valence-electron chi connectivity index (χ0n) is 17.7. The number of amides is 1. The zero-order chi connectivity index (χ0) is 24.0. The Kier molecular flexibility index (Phi) is 6.07. The first-order valence-corrected chi connectivity index (χ1v) is 10.5. The van der Waals surface area contributed by atoms with Crippen molar-refractivity contribution in [2.75, 3.05) is 31.1 Å². The number of benzene rings is 2. The number of aryl methyl sites for hydroxylation is 1. The zero-order valence-corrected chi connectivity index (χ0v) is 17.7. The van der Waals surface area contributed by atoms with E-state index < -0.39 is 35.7 Å². The number of carbonyl (C=O) groups excluding carboxylic acids is 1. The van der Waals surface area contributed by atoms with Crippen LogP contribution in [0.25, 0.3) is 0 Å². The molecule has 0 N–H and O–H groups in total. The van der Waals surface area contributed by atoms with E-state index in [2.05, 4.69) is 0 Å². The molecular weight excluding hydrogens is 450 g/mol. The number of rotatable bonds is 3. The molecule has 0 saturated carbocycles. The number of hydrogen-bond donors (Lipinski definition) is 0. The Morgan fingerprint density at radius 3 is 1.97 bits per heavy atom. The third kappa shape index (κ3) is 4.95. The summed E-state index contributed by atoms with van der Waals surface area (Å²) < 4.78 is 82.9. The second-order valence-electron chi connectivity index (χ2n) is 8.28. The van der Waals surface area contributed by atoms with Gasteiger partial charge in [0.15, 0.2) is 0 Å². The molecule has 2 saturated heterocycles. The number of nitrogens with zero attached hydrogens (tertiary/aromatic N) is 2. The topological polar surface area (TPSA) is 32.8 Å². The van der Waals surface area contributed by atoms with E-state index in [1.165, 1.54) is 18.2 Å². The van der Waals surface area contributed by atoms with Crippen LogP contribution in [-0.2, 0) is 21.9 Å². The summed E-state index contributed by atoms with van der Waals surface area (Å²) in [7, 11) is 0. The summed E-state index contributed by atoms with van der Waals surface area (Å²) in [6.45, 7) is 3.22. The highest BCUT2D eigenvalue weighted by Gasteiger charge is 2.40. The van der Waals surface area contributed by atoms with Gasteiger partial charge in [-0.15, -0.1) is 0 Å². The molecule has 1 amide bonds. The lowest BCUT2D eigenvalue weighted by Gasteiger charge is -2.42. The van der Waals surface area contributed by atoms with E-state index in [-0.39, 0.29) is 5.91 Å². The van der Waals surface area contributed by atoms with Crippen LogP contribution in [0, 0.1) is 6.92 Å². The fraction of sp³-hybridized carbons (Fsp3) is 0.435. The predicted molar refractivity (Wildman–Crippen MR) is 109 cm³/mol. The predicted octanol–water partition coefficient (Wildman–Crippen LogP) is 5.21. The Balaban J connectivity index is 1.31. The number of anilines is 1. The quantitative estimate of drug-likeness (QED) is 0.575. The lowest BCUT2D eigenvalue weighted by molar-refractivity contribution is -0.174. The van der Waals surface area contributed by atoms with E-state index in [0.29, 0.717) is 43.9 Å². The molecule has 10 heteroatoms. The maximum atomic E-state index is 13.1. The Labute approximate surface area is 186 Å². The SMILES string of the molecule is Cc1ccc(C(F)(F)F)cc1N1CCN(C(=O)C2C[C@@H](c3ccc(C(F)(F)F)cc3)O2)CC1. The molecule has 4 nitrogen and oxygen atoms in total. The summed E-state index contributed by atoms with van der Waals surface area (Å²) in [5, 5.41) is 0. The number of carbonyl (C=O) groups is 1. The largest absolute Gasteiger partial charge is 0.416 e. The van der Waals surface area contributed by atoms with E-state index in [4.69, 9.17) is 4.74 Å². The second kappa shape index (κ2) is 8.55. The van der Waals surface area contributed by atoms with Crippen molar-refractivity contribution in [2.45, 2.75) is 37.9 Å². The minimum absolute atomic E-state index is 0.210. The molecular formula is C23H22F6N2O2. The Bertz CT molecular complexity index is 1010. The smallest absolute Gasteiger partial charge is 0.368 e. The highest BCUT2D eigenvalue weighted by atomic mass is 19.4. The summed E-state index contributed by atoms with van der Waals surface area (Å²) in [6.07, 6.45) is -9.57. The van der Waals surface area contributed by atoms with Crippen LogP contribution in [0.3, 0.4) is 0 Å². The number of alkyl halides is 6. The van der Waals surface area contributed by atoms with Crippen molar-refractivity contribution in [3.63, 3.8) is 0 Å². The minimum Gasteiger partial charge on any atom is -0.368 e. The standard InChI is InChI=1S/C23H22F6N2O2/c1-14-2-5-17(23(27,28)29)12-18(14)30-8-10-31(11-9-30)21(32)20-13-19(33-20)15-3-6-16(7-4-15)22(24,25)26/h2-7,12,19-20H,8-11,13H2,1H3/t19-,20?/m0/s1. The van der Waals surface area contributed by atoms with Crippen molar-refractivity contribution < 1.29 is 35.9 Å². The highest BCUT2D eigenvalue weighted by molar-refractivity contribution is 5.82. The number of hydrogen-bond acceptors (Lipinski definition) is 3. The normalized spacial score (nSPS) is 21.7. The van der Waals surface area contributed by atoms with Gasteiger partial charge in [-0.25, -0.2) is 0 Å². The molecule has 0 bridgehead atoms. The summed E-state index contributed by atoms with van der Waals surface area (Å²) in [5.74, 6) is -0.210. The fourth-order valence-corrected chi connectivity index (χ4v) is 4.14. The number of ether oxygens (including phenoxy) is 1. The molecule has 1 unspecified atom stereocenters. The van der Waals surface area contributed by atoms with Crippen molar-refractivity contribution in [2.24, 2.45) is 0 Å². The summed E-state index contributed by atoms with van der Waals surface area (Å²) in [4.78, 5) is 16.2. The monoisotopic (exact) mass is 472 g/mol. The highest BCUT2D eigenvalue weighted by Crippen LogP contribution is 2.38. The molecule has 0 aliphatic carbocycles. The lowest BCUT2D eigenvalue weighted by Crippen LogP contribution is -2.54. The molecule has 2 aliphatic heterocycles. The van der Waals surface area contributed by atoms with Crippen LogP contribution in [-0.4, -0.2) is 43.1 Å². The van der Waals surface area contributed by atoms with Crippen molar-refractivity contribution >= 4 is 11.6 Å². The van der Waals surface area contributed by atoms with Crippen molar-refractivity contribution in [1.82, 2.24) is 4.90 Å². The first-order chi connectivity index (χ1) is 15.4. The third-order valence-corrected chi connectivity index (χ3v) is 6.11. The van der Waals surface area contributed by atoms with Gasteiger partial charge in [0.25, 0.3) is 5.91 Å². The van der Waals surface area contributed by atoms with Crippen LogP contribution in [0.5, 0.6) is 0 Å². The molecule has 2 atom stereocenters. The summed E-state index contributed by atoms with van der Waals surface area (Å²) in [6, 6.07) is 8.32. The average molecular weight is 472 g/mol. The van der Waals surface area contributed by atoms with E-state index >= 15 is 0 Å². The number of piperazine rings is 1. The van der Waals surface area contributed by atoms with Gasteiger partial charge in [-0.2, -0.15) is 26.3 Å². The first-order valence-electron chi connectivity index (χ1n) is 10.5. The Morgan fingerprint density at radius 1 is 0.879 bits per heavy atom. The molecule has 2 aromatic carbocycles. The molecule has 2 aliphatic rings. The molecule has 0 radical (unpaired) electrons. The Morgan fingerprint density at radius 2 is 1.42 bits per heavy atom. The Hall–Kier alpha value is -2.75. The molecule has 2 heterocycles. The van der Waals surface area contributed by atoms with Crippen molar-refractivity contribution in [1.29, 1.82) is 0 Å². The van der Waals surface area contributed by atoms with E-state index in [1.54, 1.807) is 11.8 Å². The molecule has 2 fully saturated rings. The minimum atomic E-state index is -4.43. The van der Waals surface area contributed by atoms with E-state index in [1.807, 2.05) is 4.90 Å². The van der Waals surface area contributed by atoms with Gasteiger partial charge in [-0.05, 0) is 42.3 Å². The molecule has 4 rings (SSSR count). The van der Waals surface area contributed by atoms with Crippen LogP contribution in [0.2, 0.25) is 0 Å². The van der Waals surface area contributed by atoms with E-state index in [0.717, 1.165) is 29.8 Å². The maximum absolute atomic E-state index is 13.1. The van der Waals surface area contributed by atoms with Gasteiger partial charge in [0.05, 0.1) is 17.2 Å². The summed E-state index contributed by atoms with van der Waals surface area (Å²) >= 11 is 0. The van der Waals surface area contributed by atoms with Gasteiger partial charge in [0.1, 0.15) is 6.10 Å². The second-order valence-corrected chi connectivity index (χ2v) is 8.28. The summed E-state index contributed by atoms with van der Waals surface area (Å²) in [5.41, 5.74) is 0.353. The van der Waals surface area contributed by atoms with Crippen LogP contribution >= 0.6 is 0 Å². The molecule has 0 spiro atoms. The average Bonchev–Trinajstić information content (AvgIpc) is 2.72. The van der Waals surface area contributed by atoms with Gasteiger partial charge in [0.2, 0.25) is 0 Å². The molecule has 178 valence electrons. The lowest BCUT2D eigenvalue weighted by atomic mass is 9.95. The van der Waals surface area contributed by atoms with Crippen LogP contribution in [0.4, 0.5) is 32.0 Å².